The molecular weight excluding hydrogens is 320 g/mol. The molecule has 132 valence electrons. The maximum Gasteiger partial charge on any atom is 0.250 e. The van der Waals surface area contributed by atoms with Crippen molar-refractivity contribution in [1.29, 1.82) is 0 Å². The summed E-state index contributed by atoms with van der Waals surface area (Å²) in [6, 6.07) is 0. The van der Waals surface area contributed by atoms with Gasteiger partial charge < -0.3 is 15.0 Å². The lowest BCUT2D eigenvalue weighted by molar-refractivity contribution is -0.119. The van der Waals surface area contributed by atoms with Gasteiger partial charge in [0.2, 0.25) is 5.91 Å². The van der Waals surface area contributed by atoms with E-state index in [2.05, 4.69) is 25.3 Å². The first kappa shape index (κ1) is 16.0. The summed E-state index contributed by atoms with van der Waals surface area (Å²) in [6.45, 7) is 3.26. The number of piperidine rings is 1. The van der Waals surface area contributed by atoms with E-state index >= 15 is 0 Å². The van der Waals surface area contributed by atoms with Gasteiger partial charge in [0.25, 0.3) is 5.95 Å². The van der Waals surface area contributed by atoms with Gasteiger partial charge in [-0.05, 0) is 25.7 Å². The van der Waals surface area contributed by atoms with E-state index < -0.39 is 0 Å². The number of rotatable bonds is 4. The summed E-state index contributed by atoms with van der Waals surface area (Å²) in [4.78, 5) is 23.2. The molecule has 0 saturated carbocycles. The van der Waals surface area contributed by atoms with E-state index in [0.717, 1.165) is 25.2 Å². The van der Waals surface area contributed by atoms with Crippen molar-refractivity contribution in [1.82, 2.24) is 19.7 Å². The van der Waals surface area contributed by atoms with Gasteiger partial charge in [-0.1, -0.05) is 0 Å². The SMILES string of the molecule is O=C(Nc1cnn(-c2ncc(N3CCCCC3)cn2)c1)C1CCOC1. The van der Waals surface area contributed by atoms with Gasteiger partial charge >= 0.3 is 0 Å². The maximum absolute atomic E-state index is 12.1. The molecule has 0 radical (unpaired) electrons. The summed E-state index contributed by atoms with van der Waals surface area (Å²) < 4.78 is 6.82. The summed E-state index contributed by atoms with van der Waals surface area (Å²) in [5.41, 5.74) is 1.69. The van der Waals surface area contributed by atoms with Crippen molar-refractivity contribution >= 4 is 17.3 Å². The quantitative estimate of drug-likeness (QED) is 0.909. The molecule has 2 aliphatic rings. The molecule has 1 amide bonds. The minimum Gasteiger partial charge on any atom is -0.381 e. The Morgan fingerprint density at radius 3 is 2.68 bits per heavy atom. The number of anilines is 2. The monoisotopic (exact) mass is 342 g/mol. The van der Waals surface area contributed by atoms with Crippen LogP contribution in [0.4, 0.5) is 11.4 Å². The molecule has 8 heteroatoms. The minimum atomic E-state index is -0.0802. The van der Waals surface area contributed by atoms with E-state index in [1.807, 2.05) is 12.4 Å². The molecule has 0 spiro atoms. The van der Waals surface area contributed by atoms with Gasteiger partial charge in [-0.2, -0.15) is 5.10 Å². The van der Waals surface area contributed by atoms with Gasteiger partial charge in [0, 0.05) is 19.7 Å². The van der Waals surface area contributed by atoms with E-state index in [0.29, 0.717) is 24.8 Å². The molecule has 2 aromatic rings. The number of hydrogen-bond acceptors (Lipinski definition) is 6. The van der Waals surface area contributed by atoms with Gasteiger partial charge in [-0.25, -0.2) is 14.6 Å². The zero-order valence-electron chi connectivity index (χ0n) is 14.1. The van der Waals surface area contributed by atoms with Crippen molar-refractivity contribution < 1.29 is 9.53 Å². The molecule has 25 heavy (non-hydrogen) atoms. The molecule has 0 aromatic carbocycles. The van der Waals surface area contributed by atoms with Crippen LogP contribution >= 0.6 is 0 Å². The maximum atomic E-state index is 12.1. The summed E-state index contributed by atoms with van der Waals surface area (Å²) in [5, 5.41) is 7.11. The van der Waals surface area contributed by atoms with Crippen molar-refractivity contribution in [2.24, 2.45) is 5.92 Å². The molecule has 4 heterocycles. The molecule has 2 fully saturated rings. The van der Waals surface area contributed by atoms with Crippen LogP contribution in [-0.2, 0) is 9.53 Å². The van der Waals surface area contributed by atoms with Crippen LogP contribution in [0.2, 0.25) is 0 Å². The fraction of sp³-hybridized carbons (Fsp3) is 0.529. The Morgan fingerprint density at radius 1 is 1.16 bits per heavy atom. The largest absolute Gasteiger partial charge is 0.381 e. The van der Waals surface area contributed by atoms with Crippen molar-refractivity contribution in [2.45, 2.75) is 25.7 Å². The number of nitrogens with one attached hydrogen (secondary N) is 1. The van der Waals surface area contributed by atoms with E-state index in [9.17, 15) is 4.79 Å². The Bertz CT molecular complexity index is 717. The van der Waals surface area contributed by atoms with Crippen molar-refractivity contribution in [3.05, 3.63) is 24.8 Å². The highest BCUT2D eigenvalue weighted by Gasteiger charge is 2.23. The van der Waals surface area contributed by atoms with Crippen LogP contribution < -0.4 is 10.2 Å². The number of amides is 1. The van der Waals surface area contributed by atoms with Crippen molar-refractivity contribution in [3.63, 3.8) is 0 Å². The molecule has 0 bridgehead atoms. The average Bonchev–Trinajstić information content (AvgIpc) is 3.35. The topological polar surface area (TPSA) is 85.2 Å². The number of carbonyl (C=O) groups excluding carboxylic acids is 1. The number of hydrogen-bond donors (Lipinski definition) is 1. The fourth-order valence-electron chi connectivity index (χ4n) is 3.23. The molecule has 2 aliphatic heterocycles. The molecule has 0 aliphatic carbocycles. The Morgan fingerprint density at radius 2 is 1.96 bits per heavy atom. The zero-order valence-corrected chi connectivity index (χ0v) is 14.1. The molecule has 2 saturated heterocycles. The average molecular weight is 342 g/mol. The first-order chi connectivity index (χ1) is 12.3. The highest BCUT2D eigenvalue weighted by molar-refractivity contribution is 5.92. The van der Waals surface area contributed by atoms with Crippen LogP contribution in [0.1, 0.15) is 25.7 Å². The van der Waals surface area contributed by atoms with Gasteiger partial charge in [-0.3, -0.25) is 4.79 Å². The highest BCUT2D eigenvalue weighted by Crippen LogP contribution is 2.19. The Hall–Kier alpha value is -2.48. The van der Waals surface area contributed by atoms with E-state index in [4.69, 9.17) is 4.74 Å². The smallest absolute Gasteiger partial charge is 0.250 e. The van der Waals surface area contributed by atoms with E-state index in [1.54, 1.807) is 17.1 Å². The van der Waals surface area contributed by atoms with Gasteiger partial charge in [0.05, 0.1) is 48.7 Å². The van der Waals surface area contributed by atoms with Crippen LogP contribution in [0.25, 0.3) is 5.95 Å². The van der Waals surface area contributed by atoms with Crippen molar-refractivity contribution in [3.8, 4) is 5.95 Å². The third-order valence-electron chi connectivity index (χ3n) is 4.70. The first-order valence-corrected chi connectivity index (χ1v) is 8.80. The second-order valence-electron chi connectivity index (χ2n) is 6.51. The molecular formula is C17H22N6O2. The fourth-order valence-corrected chi connectivity index (χ4v) is 3.23. The molecule has 8 nitrogen and oxygen atoms in total. The second-order valence-corrected chi connectivity index (χ2v) is 6.51. The normalized spacial score (nSPS) is 20.6. The molecule has 1 N–H and O–H groups in total. The van der Waals surface area contributed by atoms with Gasteiger partial charge in [-0.15, -0.1) is 0 Å². The van der Waals surface area contributed by atoms with E-state index in [1.165, 1.54) is 19.3 Å². The van der Waals surface area contributed by atoms with Crippen LogP contribution in [0.15, 0.2) is 24.8 Å². The van der Waals surface area contributed by atoms with Gasteiger partial charge in [0.15, 0.2) is 0 Å². The Balaban J connectivity index is 1.41. The standard InChI is InChI=1S/C17H22N6O2/c24-16(13-4-7-25-12-13)21-14-8-20-23(11-14)17-18-9-15(10-19-17)22-5-2-1-3-6-22/h8-11,13H,1-7,12H2,(H,21,24). The molecule has 1 unspecified atom stereocenters. The summed E-state index contributed by atoms with van der Waals surface area (Å²) >= 11 is 0. The molecule has 4 rings (SSSR count). The second kappa shape index (κ2) is 7.18. The van der Waals surface area contributed by atoms with E-state index in [-0.39, 0.29) is 11.8 Å². The zero-order chi connectivity index (χ0) is 17.1. The Kier molecular flexibility index (Phi) is 4.60. The highest BCUT2D eigenvalue weighted by atomic mass is 16.5. The lowest BCUT2D eigenvalue weighted by Crippen LogP contribution is -2.29. The van der Waals surface area contributed by atoms with Crippen molar-refractivity contribution in [2.75, 3.05) is 36.5 Å². The molecule has 1 atom stereocenters. The van der Waals surface area contributed by atoms with Crippen LogP contribution in [0.3, 0.4) is 0 Å². The van der Waals surface area contributed by atoms with Crippen LogP contribution in [-0.4, -0.2) is 52.0 Å². The lowest BCUT2D eigenvalue weighted by Gasteiger charge is -2.28. The van der Waals surface area contributed by atoms with Crippen LogP contribution in [0.5, 0.6) is 0 Å². The predicted molar refractivity (Wildman–Crippen MR) is 92.8 cm³/mol. The number of aromatic nitrogens is 4. The third kappa shape index (κ3) is 3.63. The number of nitrogens with zero attached hydrogens (tertiary/aromatic N) is 5. The first-order valence-electron chi connectivity index (χ1n) is 8.80. The summed E-state index contributed by atoms with van der Waals surface area (Å²) in [7, 11) is 0. The van der Waals surface area contributed by atoms with Crippen LogP contribution in [0, 0.1) is 5.92 Å². The molecule has 2 aromatic heterocycles. The van der Waals surface area contributed by atoms with Gasteiger partial charge in [0.1, 0.15) is 0 Å². The summed E-state index contributed by atoms with van der Waals surface area (Å²) in [5.74, 6) is 0.382. The minimum absolute atomic E-state index is 0.0292. The lowest BCUT2D eigenvalue weighted by atomic mass is 10.1. The number of carbonyl (C=O) groups is 1. The predicted octanol–water partition coefficient (Wildman–Crippen LogP) is 1.63. The third-order valence-corrected chi connectivity index (χ3v) is 4.70. The summed E-state index contributed by atoms with van der Waals surface area (Å²) in [6.07, 6.45) is 11.5. The number of ether oxygens (including phenoxy) is 1. The Labute approximate surface area is 146 Å².